The summed E-state index contributed by atoms with van der Waals surface area (Å²) in [4.78, 5) is 0. The first-order chi connectivity index (χ1) is 9.77. The molecule has 1 rings (SSSR count). The predicted octanol–water partition coefficient (Wildman–Crippen LogP) is 3.18. The Hall–Kier alpha value is -1.16. The molecule has 0 spiro atoms. The summed E-state index contributed by atoms with van der Waals surface area (Å²) in [5.74, 6) is 0.326. The summed E-state index contributed by atoms with van der Waals surface area (Å²) in [6.07, 6.45) is 5.82. The van der Waals surface area contributed by atoms with Crippen LogP contribution >= 0.6 is 0 Å². The van der Waals surface area contributed by atoms with Crippen LogP contribution in [0.4, 0.5) is 0 Å². The highest BCUT2D eigenvalue weighted by Gasteiger charge is 2.13. The maximum atomic E-state index is 8.75. The Kier molecular flexibility index (Phi) is 8.96. The van der Waals surface area contributed by atoms with Gasteiger partial charge >= 0.3 is 0 Å². The van der Waals surface area contributed by atoms with Gasteiger partial charge < -0.3 is 14.6 Å². The van der Waals surface area contributed by atoms with Crippen molar-refractivity contribution in [2.45, 2.75) is 32.5 Å². The van der Waals surface area contributed by atoms with Crippen molar-refractivity contribution in [3.63, 3.8) is 0 Å². The van der Waals surface area contributed by atoms with Crippen LogP contribution < -0.4 is 0 Å². The molecular weight excluding hydrogens is 252 g/mol. The van der Waals surface area contributed by atoms with E-state index in [0.717, 1.165) is 6.42 Å². The molecule has 1 aromatic carbocycles. The lowest BCUT2D eigenvalue weighted by molar-refractivity contribution is 0.0286. The van der Waals surface area contributed by atoms with Gasteiger partial charge in [-0.15, -0.1) is 0 Å². The molecule has 20 heavy (non-hydrogen) atoms. The van der Waals surface area contributed by atoms with Crippen molar-refractivity contribution in [3.8, 4) is 0 Å². The largest absolute Gasteiger partial charge is 0.396 e. The van der Waals surface area contributed by atoms with Crippen molar-refractivity contribution in [1.82, 2.24) is 0 Å². The number of hydrogen-bond acceptors (Lipinski definition) is 3. The Morgan fingerprint density at radius 3 is 2.65 bits per heavy atom. The molecular formula is C17H26O3. The zero-order valence-corrected chi connectivity index (χ0v) is 12.5. The monoisotopic (exact) mass is 278 g/mol. The second-order valence-electron chi connectivity index (χ2n) is 4.90. The summed E-state index contributed by atoms with van der Waals surface area (Å²) in [5.41, 5.74) is 1.19. The molecule has 112 valence electrons. The van der Waals surface area contributed by atoms with Crippen molar-refractivity contribution >= 4 is 0 Å². The second kappa shape index (κ2) is 10.6. The Balaban J connectivity index is 2.23. The average molecular weight is 278 g/mol. The number of ether oxygens (including phenoxy) is 2. The fraction of sp³-hybridized carbons (Fsp3) is 0.529. The van der Waals surface area contributed by atoms with Crippen LogP contribution in [0.5, 0.6) is 0 Å². The minimum atomic E-state index is 0.153. The van der Waals surface area contributed by atoms with E-state index in [1.807, 2.05) is 24.3 Å². The minimum Gasteiger partial charge on any atom is -0.396 e. The first-order valence-corrected chi connectivity index (χ1v) is 7.20. The Morgan fingerprint density at radius 2 is 2.00 bits per heavy atom. The van der Waals surface area contributed by atoms with Gasteiger partial charge in [0.25, 0.3) is 0 Å². The summed E-state index contributed by atoms with van der Waals surface area (Å²) in [6, 6.07) is 10.2. The van der Waals surface area contributed by atoms with Crippen LogP contribution in [0.1, 0.15) is 25.3 Å². The molecule has 3 nitrogen and oxygen atoms in total. The van der Waals surface area contributed by atoms with Gasteiger partial charge in [0.15, 0.2) is 0 Å². The van der Waals surface area contributed by atoms with E-state index in [4.69, 9.17) is 14.6 Å². The minimum absolute atomic E-state index is 0.153. The molecule has 2 atom stereocenters. The fourth-order valence-corrected chi connectivity index (χ4v) is 2.07. The highest BCUT2D eigenvalue weighted by atomic mass is 16.5. The van der Waals surface area contributed by atoms with Gasteiger partial charge in [-0.25, -0.2) is 0 Å². The van der Waals surface area contributed by atoms with Gasteiger partial charge in [0.2, 0.25) is 0 Å². The van der Waals surface area contributed by atoms with Crippen LogP contribution in [0.2, 0.25) is 0 Å². The molecule has 0 saturated carbocycles. The van der Waals surface area contributed by atoms with E-state index in [0.29, 0.717) is 25.6 Å². The topological polar surface area (TPSA) is 38.7 Å². The van der Waals surface area contributed by atoms with Crippen LogP contribution in [-0.2, 0) is 16.1 Å². The van der Waals surface area contributed by atoms with Gasteiger partial charge in [-0.1, -0.05) is 49.4 Å². The molecule has 0 aliphatic heterocycles. The van der Waals surface area contributed by atoms with Crippen LogP contribution in [0.15, 0.2) is 42.5 Å². The molecule has 3 heteroatoms. The van der Waals surface area contributed by atoms with E-state index in [2.05, 4.69) is 25.1 Å². The van der Waals surface area contributed by atoms with Gasteiger partial charge in [-0.3, -0.25) is 0 Å². The number of aliphatic hydroxyl groups excluding tert-OH is 1. The molecule has 0 aliphatic rings. The average Bonchev–Trinajstić information content (AvgIpc) is 2.48. The van der Waals surface area contributed by atoms with E-state index in [1.54, 1.807) is 7.11 Å². The maximum Gasteiger partial charge on any atom is 0.0716 e. The second-order valence-corrected chi connectivity index (χ2v) is 4.90. The SMILES string of the molecule is CO[C@H](CCOCc1ccccc1)[C@H](C)/C=C/CCO. The third kappa shape index (κ3) is 6.85. The third-order valence-electron chi connectivity index (χ3n) is 3.28. The standard InChI is InChI=1S/C17H26O3/c1-15(8-6-7-12-18)17(19-2)11-13-20-14-16-9-4-3-5-10-16/h3-6,8-10,15,17-18H,7,11-14H2,1-2H3/b8-6+/t15-,17-/m1/s1. The molecule has 0 heterocycles. The van der Waals surface area contributed by atoms with E-state index >= 15 is 0 Å². The quantitative estimate of drug-likeness (QED) is 0.528. The molecule has 1 N–H and O–H groups in total. The number of aliphatic hydroxyl groups is 1. The van der Waals surface area contributed by atoms with Crippen molar-refractivity contribution in [1.29, 1.82) is 0 Å². The molecule has 0 radical (unpaired) electrons. The molecule has 0 fully saturated rings. The normalized spacial score (nSPS) is 14.6. The molecule has 0 bridgehead atoms. The van der Waals surface area contributed by atoms with E-state index < -0.39 is 0 Å². The highest BCUT2D eigenvalue weighted by Crippen LogP contribution is 2.13. The van der Waals surface area contributed by atoms with Crippen molar-refractivity contribution in [2.24, 2.45) is 5.92 Å². The van der Waals surface area contributed by atoms with Crippen LogP contribution in [0.25, 0.3) is 0 Å². The van der Waals surface area contributed by atoms with Gasteiger partial charge in [0.05, 0.1) is 12.7 Å². The van der Waals surface area contributed by atoms with Crippen LogP contribution in [0, 0.1) is 5.92 Å². The van der Waals surface area contributed by atoms with Gasteiger partial charge in [-0.05, 0) is 18.4 Å². The lowest BCUT2D eigenvalue weighted by atomic mass is 10.0. The van der Waals surface area contributed by atoms with E-state index in [9.17, 15) is 0 Å². The van der Waals surface area contributed by atoms with Gasteiger partial charge in [0, 0.05) is 26.2 Å². The smallest absolute Gasteiger partial charge is 0.0716 e. The lowest BCUT2D eigenvalue weighted by Crippen LogP contribution is -2.21. The molecule has 0 unspecified atom stereocenters. The van der Waals surface area contributed by atoms with Crippen LogP contribution in [-0.4, -0.2) is 31.5 Å². The predicted molar refractivity (Wildman–Crippen MR) is 81.5 cm³/mol. The maximum absolute atomic E-state index is 8.75. The van der Waals surface area contributed by atoms with Crippen LogP contribution in [0.3, 0.4) is 0 Å². The number of rotatable bonds is 10. The van der Waals surface area contributed by atoms with Gasteiger partial charge in [-0.2, -0.15) is 0 Å². The fourth-order valence-electron chi connectivity index (χ4n) is 2.07. The van der Waals surface area contributed by atoms with Crippen molar-refractivity contribution in [3.05, 3.63) is 48.0 Å². The molecule has 0 aromatic heterocycles. The lowest BCUT2D eigenvalue weighted by Gasteiger charge is -2.20. The van der Waals surface area contributed by atoms with E-state index in [-0.39, 0.29) is 12.7 Å². The number of methoxy groups -OCH3 is 1. The Bertz CT molecular complexity index is 362. The third-order valence-corrected chi connectivity index (χ3v) is 3.28. The zero-order valence-electron chi connectivity index (χ0n) is 12.5. The molecule has 0 saturated heterocycles. The summed E-state index contributed by atoms with van der Waals surface area (Å²) < 4.78 is 11.2. The Morgan fingerprint density at radius 1 is 1.25 bits per heavy atom. The zero-order chi connectivity index (χ0) is 14.6. The van der Waals surface area contributed by atoms with Gasteiger partial charge in [0.1, 0.15) is 0 Å². The van der Waals surface area contributed by atoms with Crippen molar-refractivity contribution < 1.29 is 14.6 Å². The summed E-state index contributed by atoms with van der Waals surface area (Å²) in [7, 11) is 1.73. The Labute approximate surface area is 122 Å². The molecule has 0 amide bonds. The molecule has 1 aromatic rings. The first kappa shape index (κ1) is 16.9. The van der Waals surface area contributed by atoms with E-state index in [1.165, 1.54) is 5.56 Å². The summed E-state index contributed by atoms with van der Waals surface area (Å²) in [6.45, 7) is 3.65. The summed E-state index contributed by atoms with van der Waals surface area (Å²) >= 11 is 0. The highest BCUT2D eigenvalue weighted by molar-refractivity contribution is 5.13. The summed E-state index contributed by atoms with van der Waals surface area (Å²) in [5, 5.41) is 8.75. The number of hydrogen-bond donors (Lipinski definition) is 1. The first-order valence-electron chi connectivity index (χ1n) is 7.20. The number of benzene rings is 1. The van der Waals surface area contributed by atoms with Crippen molar-refractivity contribution in [2.75, 3.05) is 20.3 Å². The molecule has 0 aliphatic carbocycles.